The van der Waals surface area contributed by atoms with E-state index in [4.69, 9.17) is 9.47 Å². The molecule has 2 aliphatic heterocycles. The zero-order chi connectivity index (χ0) is 13.5. The summed E-state index contributed by atoms with van der Waals surface area (Å²) in [5, 5.41) is 0. The molecule has 19 heavy (non-hydrogen) atoms. The van der Waals surface area contributed by atoms with Crippen LogP contribution in [0.5, 0.6) is 0 Å². The molecule has 1 spiro atoms. The summed E-state index contributed by atoms with van der Waals surface area (Å²) < 4.78 is 11.5. The average Bonchev–Trinajstić information content (AvgIpc) is 2.65. The standard InChI is InChI=1S/C15H23NO3/c1-11-9-16(10-12(2)18-11)13-8-14(17)19-15(13)6-4-3-5-7-15/h8,11-12H,3-7,9-10H2,1-2H3/t11-,12+. The molecule has 1 aliphatic carbocycles. The van der Waals surface area contributed by atoms with Crippen LogP contribution >= 0.6 is 0 Å². The molecule has 2 heterocycles. The first-order valence-corrected chi connectivity index (χ1v) is 7.45. The van der Waals surface area contributed by atoms with Gasteiger partial charge in [0.1, 0.15) is 0 Å². The lowest BCUT2D eigenvalue weighted by Gasteiger charge is -2.44. The molecule has 0 bridgehead atoms. The van der Waals surface area contributed by atoms with E-state index in [2.05, 4.69) is 18.7 Å². The van der Waals surface area contributed by atoms with Crippen LogP contribution in [-0.2, 0) is 14.3 Å². The van der Waals surface area contributed by atoms with Gasteiger partial charge in [-0.1, -0.05) is 6.42 Å². The molecule has 4 nitrogen and oxygen atoms in total. The number of carbonyl (C=O) groups is 1. The van der Waals surface area contributed by atoms with Crippen molar-refractivity contribution in [1.29, 1.82) is 0 Å². The molecule has 0 radical (unpaired) electrons. The zero-order valence-electron chi connectivity index (χ0n) is 11.9. The Hall–Kier alpha value is -1.03. The van der Waals surface area contributed by atoms with E-state index in [1.54, 1.807) is 6.08 Å². The Morgan fingerprint density at radius 1 is 1.16 bits per heavy atom. The fourth-order valence-corrected chi connectivity index (χ4v) is 3.75. The molecule has 0 aromatic carbocycles. The second-order valence-corrected chi connectivity index (χ2v) is 6.17. The fraction of sp³-hybridized carbons (Fsp3) is 0.800. The number of morpholine rings is 1. The summed E-state index contributed by atoms with van der Waals surface area (Å²) in [5.41, 5.74) is 0.783. The number of ether oxygens (including phenoxy) is 2. The largest absolute Gasteiger partial charge is 0.449 e. The Kier molecular flexibility index (Phi) is 3.29. The number of esters is 1. The monoisotopic (exact) mass is 265 g/mol. The highest BCUT2D eigenvalue weighted by Crippen LogP contribution is 2.43. The summed E-state index contributed by atoms with van der Waals surface area (Å²) in [4.78, 5) is 14.1. The van der Waals surface area contributed by atoms with E-state index in [0.717, 1.165) is 44.5 Å². The minimum Gasteiger partial charge on any atom is -0.449 e. The number of rotatable bonds is 1. The molecule has 0 N–H and O–H groups in total. The van der Waals surface area contributed by atoms with Crippen LogP contribution < -0.4 is 0 Å². The first-order chi connectivity index (χ1) is 9.09. The number of hydrogen-bond acceptors (Lipinski definition) is 4. The Bertz CT molecular complexity index is 388. The van der Waals surface area contributed by atoms with Crippen LogP contribution in [0.4, 0.5) is 0 Å². The third-order valence-electron chi connectivity index (χ3n) is 4.44. The summed E-state index contributed by atoms with van der Waals surface area (Å²) in [6.45, 7) is 5.89. The van der Waals surface area contributed by atoms with E-state index in [1.807, 2.05) is 0 Å². The van der Waals surface area contributed by atoms with Crippen LogP contribution in [0.3, 0.4) is 0 Å². The van der Waals surface area contributed by atoms with E-state index in [-0.39, 0.29) is 23.8 Å². The van der Waals surface area contributed by atoms with Crippen LogP contribution in [-0.4, -0.2) is 41.8 Å². The molecule has 0 aromatic heterocycles. The first kappa shape index (κ1) is 13.0. The van der Waals surface area contributed by atoms with Crippen LogP contribution in [0.25, 0.3) is 0 Å². The molecule has 1 saturated heterocycles. The van der Waals surface area contributed by atoms with Gasteiger partial charge in [-0.15, -0.1) is 0 Å². The topological polar surface area (TPSA) is 38.8 Å². The zero-order valence-corrected chi connectivity index (χ0v) is 11.9. The van der Waals surface area contributed by atoms with Crippen molar-refractivity contribution in [3.8, 4) is 0 Å². The van der Waals surface area contributed by atoms with E-state index >= 15 is 0 Å². The van der Waals surface area contributed by atoms with Crippen molar-refractivity contribution in [2.24, 2.45) is 0 Å². The smallest absolute Gasteiger partial charge is 0.333 e. The molecule has 106 valence electrons. The summed E-state index contributed by atoms with van der Waals surface area (Å²) in [6.07, 6.45) is 7.65. The van der Waals surface area contributed by atoms with Crippen LogP contribution in [0, 0.1) is 0 Å². The Morgan fingerprint density at radius 3 is 2.42 bits per heavy atom. The molecule has 0 amide bonds. The molecule has 0 unspecified atom stereocenters. The lowest BCUT2D eigenvalue weighted by molar-refractivity contribution is -0.150. The first-order valence-electron chi connectivity index (χ1n) is 7.45. The van der Waals surface area contributed by atoms with Crippen molar-refractivity contribution in [3.63, 3.8) is 0 Å². The van der Waals surface area contributed by atoms with Crippen LogP contribution in [0.1, 0.15) is 46.0 Å². The van der Waals surface area contributed by atoms with Crippen molar-refractivity contribution in [2.75, 3.05) is 13.1 Å². The SMILES string of the molecule is C[C@@H]1CN(C2=CC(=O)OC23CCCCC3)C[C@H](C)O1. The van der Waals surface area contributed by atoms with Gasteiger partial charge in [0.15, 0.2) is 5.60 Å². The van der Waals surface area contributed by atoms with Gasteiger partial charge in [0.25, 0.3) is 0 Å². The highest BCUT2D eigenvalue weighted by atomic mass is 16.6. The van der Waals surface area contributed by atoms with Gasteiger partial charge in [-0.3, -0.25) is 0 Å². The summed E-state index contributed by atoms with van der Waals surface area (Å²) >= 11 is 0. The third kappa shape index (κ3) is 2.38. The van der Waals surface area contributed by atoms with Crippen molar-refractivity contribution < 1.29 is 14.3 Å². The van der Waals surface area contributed by atoms with Crippen molar-refractivity contribution >= 4 is 5.97 Å². The molecular weight excluding hydrogens is 242 g/mol. The van der Waals surface area contributed by atoms with Crippen LogP contribution in [0.15, 0.2) is 11.8 Å². The summed E-state index contributed by atoms with van der Waals surface area (Å²) in [5.74, 6) is -0.163. The summed E-state index contributed by atoms with van der Waals surface area (Å²) in [7, 11) is 0. The average molecular weight is 265 g/mol. The van der Waals surface area contributed by atoms with E-state index < -0.39 is 0 Å². The predicted octanol–water partition coefficient (Wildman–Crippen LogP) is 2.24. The van der Waals surface area contributed by atoms with E-state index in [0.29, 0.717) is 0 Å². The maximum Gasteiger partial charge on any atom is 0.333 e. The quantitative estimate of drug-likeness (QED) is 0.682. The van der Waals surface area contributed by atoms with Gasteiger partial charge >= 0.3 is 5.97 Å². The Labute approximate surface area is 114 Å². The molecule has 0 aromatic rings. The van der Waals surface area contributed by atoms with Gasteiger partial charge < -0.3 is 14.4 Å². The molecule has 3 rings (SSSR count). The number of nitrogens with zero attached hydrogens (tertiary/aromatic N) is 1. The Morgan fingerprint density at radius 2 is 1.79 bits per heavy atom. The van der Waals surface area contributed by atoms with Crippen molar-refractivity contribution in [2.45, 2.75) is 63.8 Å². The highest BCUT2D eigenvalue weighted by Gasteiger charge is 2.47. The molecular formula is C15H23NO3. The lowest BCUT2D eigenvalue weighted by atomic mass is 9.82. The van der Waals surface area contributed by atoms with Crippen molar-refractivity contribution in [3.05, 3.63) is 11.8 Å². The normalized spacial score (nSPS) is 34.3. The highest BCUT2D eigenvalue weighted by molar-refractivity contribution is 5.86. The molecule has 1 saturated carbocycles. The van der Waals surface area contributed by atoms with Gasteiger partial charge in [-0.2, -0.15) is 0 Å². The number of hydrogen-bond donors (Lipinski definition) is 0. The molecule has 2 atom stereocenters. The van der Waals surface area contributed by atoms with E-state index in [9.17, 15) is 4.79 Å². The maximum absolute atomic E-state index is 11.8. The van der Waals surface area contributed by atoms with Gasteiger partial charge in [0.2, 0.25) is 0 Å². The summed E-state index contributed by atoms with van der Waals surface area (Å²) in [6, 6.07) is 0. The van der Waals surface area contributed by atoms with Gasteiger partial charge in [-0.05, 0) is 39.5 Å². The molecule has 4 heteroatoms. The minimum absolute atomic E-state index is 0.163. The van der Waals surface area contributed by atoms with Gasteiger partial charge in [0, 0.05) is 19.2 Å². The fourth-order valence-electron chi connectivity index (χ4n) is 3.75. The second-order valence-electron chi connectivity index (χ2n) is 6.17. The van der Waals surface area contributed by atoms with Crippen LogP contribution in [0.2, 0.25) is 0 Å². The second kappa shape index (κ2) is 4.82. The Balaban J connectivity index is 1.84. The van der Waals surface area contributed by atoms with Gasteiger partial charge in [-0.25, -0.2) is 4.79 Å². The molecule has 2 fully saturated rings. The lowest BCUT2D eigenvalue weighted by Crippen LogP contribution is -2.50. The maximum atomic E-state index is 11.8. The van der Waals surface area contributed by atoms with Gasteiger partial charge in [0.05, 0.1) is 17.9 Å². The predicted molar refractivity (Wildman–Crippen MR) is 71.6 cm³/mol. The third-order valence-corrected chi connectivity index (χ3v) is 4.44. The minimum atomic E-state index is -0.327. The molecule has 3 aliphatic rings. The van der Waals surface area contributed by atoms with E-state index in [1.165, 1.54) is 6.42 Å². The van der Waals surface area contributed by atoms with Crippen molar-refractivity contribution in [1.82, 2.24) is 4.90 Å². The number of carbonyl (C=O) groups excluding carboxylic acids is 1.